The molecule has 2 aromatic heterocycles. The molecule has 3 unspecified atom stereocenters. The van der Waals surface area contributed by atoms with E-state index in [2.05, 4.69) is 33.4 Å². The molecule has 3 aliphatic rings. The van der Waals surface area contributed by atoms with Gasteiger partial charge in [-0.2, -0.15) is 4.31 Å². The predicted octanol–water partition coefficient (Wildman–Crippen LogP) is 1.62. The van der Waals surface area contributed by atoms with Crippen molar-refractivity contribution < 1.29 is 8.42 Å². The van der Waals surface area contributed by atoms with Gasteiger partial charge in [-0.1, -0.05) is 0 Å². The van der Waals surface area contributed by atoms with E-state index in [0.717, 1.165) is 54.6 Å². The summed E-state index contributed by atoms with van der Waals surface area (Å²) < 4.78 is 26.1. The average Bonchev–Trinajstić information content (AvgIpc) is 3.22. The molecule has 162 valence electrons. The Morgan fingerprint density at radius 2 is 1.90 bits per heavy atom. The fraction of sp³-hybridized carbons (Fsp3) is 0.600. The molecule has 0 aliphatic carbocycles. The molecular formula is C20H29N7O2S. The van der Waals surface area contributed by atoms with Crippen molar-refractivity contribution in [1.29, 1.82) is 0 Å². The zero-order chi connectivity index (χ0) is 20.9. The molecule has 2 bridgehead atoms. The number of pyridine rings is 2. The van der Waals surface area contributed by atoms with Gasteiger partial charge in [0, 0.05) is 41.8 Å². The van der Waals surface area contributed by atoms with E-state index in [9.17, 15) is 8.42 Å². The lowest BCUT2D eigenvalue weighted by molar-refractivity contribution is 0.236. The molecule has 30 heavy (non-hydrogen) atoms. The van der Waals surface area contributed by atoms with Gasteiger partial charge in [0.15, 0.2) is 0 Å². The van der Waals surface area contributed by atoms with E-state index in [1.54, 1.807) is 10.5 Å². The maximum atomic E-state index is 12.2. The van der Waals surface area contributed by atoms with Crippen molar-refractivity contribution in [3.8, 4) is 0 Å². The summed E-state index contributed by atoms with van der Waals surface area (Å²) >= 11 is 0. The van der Waals surface area contributed by atoms with E-state index in [1.807, 2.05) is 18.2 Å². The number of nitrogens with one attached hydrogen (secondary N) is 4. The molecule has 0 spiro atoms. The monoisotopic (exact) mass is 431 g/mol. The van der Waals surface area contributed by atoms with Crippen molar-refractivity contribution in [2.75, 3.05) is 16.9 Å². The van der Waals surface area contributed by atoms with Gasteiger partial charge in [-0.15, -0.1) is 0 Å². The third-order valence-electron chi connectivity index (χ3n) is 6.40. The Hall–Kier alpha value is -2.01. The molecule has 3 fully saturated rings. The van der Waals surface area contributed by atoms with Gasteiger partial charge in [-0.05, 0) is 51.2 Å². The second-order valence-corrected chi connectivity index (χ2v) is 10.7. The van der Waals surface area contributed by atoms with Crippen molar-refractivity contribution in [2.45, 2.75) is 69.4 Å². The zero-order valence-corrected chi connectivity index (χ0v) is 18.1. The number of rotatable bonds is 5. The van der Waals surface area contributed by atoms with Gasteiger partial charge in [0.2, 0.25) is 10.0 Å². The van der Waals surface area contributed by atoms with Crippen LogP contribution in [0.3, 0.4) is 0 Å². The normalized spacial score (nSPS) is 31.9. The summed E-state index contributed by atoms with van der Waals surface area (Å²) in [6.45, 7) is 2.13. The molecule has 0 saturated carbocycles. The second-order valence-electron chi connectivity index (χ2n) is 8.84. The number of hydrazine groups is 1. The van der Waals surface area contributed by atoms with Crippen LogP contribution >= 0.6 is 0 Å². The number of hydrogen-bond acceptors (Lipinski definition) is 8. The van der Waals surface area contributed by atoms with Crippen LogP contribution in [0.4, 0.5) is 11.6 Å². The Kier molecular flexibility index (Phi) is 5.04. The molecule has 9 nitrogen and oxygen atoms in total. The molecule has 0 aromatic carbocycles. The van der Waals surface area contributed by atoms with E-state index >= 15 is 0 Å². The van der Waals surface area contributed by atoms with Crippen LogP contribution < -0.4 is 21.5 Å². The summed E-state index contributed by atoms with van der Waals surface area (Å²) in [7, 11) is -3.16. The molecular weight excluding hydrogens is 402 g/mol. The first kappa shape index (κ1) is 19.9. The first-order valence-electron chi connectivity index (χ1n) is 10.7. The first-order valence-corrected chi connectivity index (χ1v) is 12.5. The molecule has 3 saturated heterocycles. The maximum absolute atomic E-state index is 12.2. The summed E-state index contributed by atoms with van der Waals surface area (Å²) in [5.74, 6) is 1.58. The van der Waals surface area contributed by atoms with E-state index < -0.39 is 10.0 Å². The molecule has 0 amide bonds. The van der Waals surface area contributed by atoms with Gasteiger partial charge < -0.3 is 10.6 Å². The summed E-state index contributed by atoms with van der Waals surface area (Å²) in [4.78, 5) is 9.39. The molecule has 0 radical (unpaired) electrons. The Bertz CT molecular complexity index is 1030. The SMILES string of the molecule is CC1CC(Nc2cc3ncccc3c(NC3C[C@H]4CC[C@@H](C3)N4S(C)(=O)=O)n2)NN1. The fourth-order valence-corrected chi connectivity index (χ4v) is 6.70. The Labute approximate surface area is 177 Å². The lowest BCUT2D eigenvalue weighted by atomic mass is 9.99. The lowest BCUT2D eigenvalue weighted by Crippen LogP contribution is -2.49. The molecule has 5 heterocycles. The second kappa shape index (κ2) is 7.60. The van der Waals surface area contributed by atoms with Crippen molar-refractivity contribution >= 4 is 32.6 Å². The number of fused-ring (bicyclic) bond motifs is 3. The first-order chi connectivity index (χ1) is 14.4. The van der Waals surface area contributed by atoms with Crippen LogP contribution in [-0.2, 0) is 10.0 Å². The Morgan fingerprint density at radius 3 is 2.57 bits per heavy atom. The molecule has 5 rings (SSSR count). The maximum Gasteiger partial charge on any atom is 0.211 e. The predicted molar refractivity (Wildman–Crippen MR) is 117 cm³/mol. The minimum Gasteiger partial charge on any atom is -0.367 e. The Balaban J connectivity index is 1.39. The van der Waals surface area contributed by atoms with Crippen molar-refractivity contribution in [2.24, 2.45) is 0 Å². The lowest BCUT2D eigenvalue weighted by Gasteiger charge is -2.37. The standard InChI is InChI=1S/C20H29N7O2S/c1-12-8-19(26-25-12)23-18-11-17-16(4-3-7-21-17)20(24-18)22-13-9-14-5-6-15(10-13)27(14)30(2,28)29/h3-4,7,11-15,19,25-26H,5-6,8-10H2,1-2H3,(H2,22,23,24)/t12?,13?,14-,15+,19?. The number of sulfonamides is 1. The molecule has 5 atom stereocenters. The third-order valence-corrected chi connectivity index (χ3v) is 7.77. The average molecular weight is 432 g/mol. The highest BCUT2D eigenvalue weighted by Crippen LogP contribution is 2.39. The summed E-state index contributed by atoms with van der Waals surface area (Å²) in [6.07, 6.45) is 7.66. The summed E-state index contributed by atoms with van der Waals surface area (Å²) in [5, 5.41) is 8.05. The summed E-state index contributed by atoms with van der Waals surface area (Å²) in [6, 6.07) is 6.67. The van der Waals surface area contributed by atoms with Gasteiger partial charge in [0.1, 0.15) is 11.6 Å². The number of piperidine rings is 1. The number of aromatic nitrogens is 2. The summed E-state index contributed by atoms with van der Waals surface area (Å²) in [5.41, 5.74) is 7.34. The smallest absolute Gasteiger partial charge is 0.211 e. The molecule has 2 aromatic rings. The van der Waals surface area contributed by atoms with E-state index in [1.165, 1.54) is 6.26 Å². The van der Waals surface area contributed by atoms with Crippen LogP contribution in [0, 0.1) is 0 Å². The topological polar surface area (TPSA) is 111 Å². The number of hydrogen-bond donors (Lipinski definition) is 4. The largest absolute Gasteiger partial charge is 0.367 e. The van der Waals surface area contributed by atoms with Crippen molar-refractivity contribution in [3.63, 3.8) is 0 Å². The van der Waals surface area contributed by atoms with Gasteiger partial charge >= 0.3 is 0 Å². The number of nitrogens with zero attached hydrogens (tertiary/aromatic N) is 3. The highest BCUT2D eigenvalue weighted by molar-refractivity contribution is 7.88. The van der Waals surface area contributed by atoms with Gasteiger partial charge in [0.05, 0.1) is 17.9 Å². The minimum absolute atomic E-state index is 0.0807. The van der Waals surface area contributed by atoms with Gasteiger partial charge in [0.25, 0.3) is 0 Å². The third kappa shape index (κ3) is 3.84. The molecule has 4 N–H and O–H groups in total. The fourth-order valence-electron chi connectivity index (χ4n) is 5.23. The molecule has 3 aliphatic heterocycles. The van der Waals surface area contributed by atoms with Crippen LogP contribution in [0.2, 0.25) is 0 Å². The van der Waals surface area contributed by atoms with Crippen LogP contribution in [-0.4, -0.2) is 59.3 Å². The van der Waals surface area contributed by atoms with E-state index in [-0.39, 0.29) is 24.3 Å². The molecule has 10 heteroatoms. The van der Waals surface area contributed by atoms with E-state index in [0.29, 0.717) is 6.04 Å². The van der Waals surface area contributed by atoms with Crippen molar-refractivity contribution in [1.82, 2.24) is 25.1 Å². The van der Waals surface area contributed by atoms with Gasteiger partial charge in [-0.3, -0.25) is 10.4 Å². The highest BCUT2D eigenvalue weighted by Gasteiger charge is 2.45. The number of anilines is 2. The quantitative estimate of drug-likeness (QED) is 0.565. The van der Waals surface area contributed by atoms with Crippen molar-refractivity contribution in [3.05, 3.63) is 24.4 Å². The van der Waals surface area contributed by atoms with Crippen LogP contribution in [0.5, 0.6) is 0 Å². The van der Waals surface area contributed by atoms with Crippen LogP contribution in [0.25, 0.3) is 10.9 Å². The minimum atomic E-state index is -3.16. The highest BCUT2D eigenvalue weighted by atomic mass is 32.2. The zero-order valence-electron chi connectivity index (χ0n) is 17.3. The van der Waals surface area contributed by atoms with E-state index in [4.69, 9.17) is 4.98 Å². The van der Waals surface area contributed by atoms with Crippen LogP contribution in [0.1, 0.15) is 39.0 Å². The Morgan fingerprint density at radius 1 is 1.13 bits per heavy atom. The van der Waals surface area contributed by atoms with Gasteiger partial charge in [-0.25, -0.2) is 18.8 Å². The van der Waals surface area contributed by atoms with Crippen LogP contribution in [0.15, 0.2) is 24.4 Å².